The van der Waals surface area contributed by atoms with E-state index in [2.05, 4.69) is 17.6 Å². The average Bonchev–Trinajstić information content (AvgIpc) is 3.16. The molecule has 1 amide bonds. The predicted molar refractivity (Wildman–Crippen MR) is 112 cm³/mol. The van der Waals surface area contributed by atoms with E-state index in [1.165, 1.54) is 19.3 Å². The number of hydrogen-bond donors (Lipinski definition) is 5. The maximum absolute atomic E-state index is 12.9. The Kier molecular flexibility index (Phi) is 9.82. The van der Waals surface area contributed by atoms with Gasteiger partial charge in [0.25, 0.3) is 0 Å². The van der Waals surface area contributed by atoms with Gasteiger partial charge in [0.05, 0.1) is 18.2 Å². The number of unbranched alkanes of at least 4 members (excludes halogenated alkanes) is 2. The van der Waals surface area contributed by atoms with E-state index in [1.54, 1.807) is 0 Å². The quantitative estimate of drug-likeness (QED) is 0.345. The highest BCUT2D eigenvalue weighted by Gasteiger charge is 2.47. The molecule has 8 unspecified atom stereocenters. The van der Waals surface area contributed by atoms with E-state index in [0.717, 1.165) is 25.8 Å². The SMILES string of the molecule is CCCCCC1CNC(C(=O)NC(C(C)C)C2OC(CCC)C(O)C(O)C2O)C1. The van der Waals surface area contributed by atoms with Gasteiger partial charge < -0.3 is 30.7 Å². The molecule has 2 fully saturated rings. The third-order valence-corrected chi connectivity index (χ3v) is 6.46. The van der Waals surface area contributed by atoms with Gasteiger partial charge in [0.1, 0.15) is 24.4 Å². The fourth-order valence-corrected chi connectivity index (χ4v) is 4.60. The van der Waals surface area contributed by atoms with E-state index in [9.17, 15) is 20.1 Å². The molecule has 170 valence electrons. The number of aliphatic hydroxyl groups is 3. The van der Waals surface area contributed by atoms with E-state index < -0.39 is 36.6 Å². The van der Waals surface area contributed by atoms with Gasteiger partial charge in [-0.2, -0.15) is 0 Å². The molecule has 2 aliphatic rings. The molecule has 0 aromatic rings. The van der Waals surface area contributed by atoms with Gasteiger partial charge in [-0.15, -0.1) is 0 Å². The molecule has 5 N–H and O–H groups in total. The van der Waals surface area contributed by atoms with Crippen LogP contribution in [-0.4, -0.2) is 70.4 Å². The second-order valence-corrected chi connectivity index (χ2v) is 9.24. The van der Waals surface area contributed by atoms with Crippen LogP contribution < -0.4 is 10.6 Å². The summed E-state index contributed by atoms with van der Waals surface area (Å²) < 4.78 is 6.00. The summed E-state index contributed by atoms with van der Waals surface area (Å²) in [5.41, 5.74) is 0. The topological polar surface area (TPSA) is 111 Å². The first kappa shape index (κ1) is 24.5. The van der Waals surface area contributed by atoms with Gasteiger partial charge >= 0.3 is 0 Å². The van der Waals surface area contributed by atoms with Crippen LogP contribution >= 0.6 is 0 Å². The molecule has 2 rings (SSSR count). The third kappa shape index (κ3) is 6.37. The van der Waals surface area contributed by atoms with E-state index in [4.69, 9.17) is 4.74 Å². The molecule has 0 aromatic heterocycles. The smallest absolute Gasteiger partial charge is 0.237 e. The number of amides is 1. The van der Waals surface area contributed by atoms with Gasteiger partial charge in [-0.25, -0.2) is 0 Å². The molecule has 0 aliphatic carbocycles. The number of ether oxygens (including phenoxy) is 1. The van der Waals surface area contributed by atoms with Crippen LogP contribution in [0.5, 0.6) is 0 Å². The van der Waals surface area contributed by atoms with Crippen LogP contribution in [0.3, 0.4) is 0 Å². The molecular formula is C22H42N2O5. The van der Waals surface area contributed by atoms with Gasteiger partial charge in [0.2, 0.25) is 5.91 Å². The molecule has 2 aliphatic heterocycles. The van der Waals surface area contributed by atoms with Crippen LogP contribution in [0.4, 0.5) is 0 Å². The van der Waals surface area contributed by atoms with E-state index in [-0.39, 0.29) is 17.9 Å². The summed E-state index contributed by atoms with van der Waals surface area (Å²) >= 11 is 0. The van der Waals surface area contributed by atoms with Crippen molar-refractivity contribution in [1.29, 1.82) is 0 Å². The van der Waals surface area contributed by atoms with Crippen LogP contribution in [0.2, 0.25) is 0 Å². The lowest BCUT2D eigenvalue weighted by molar-refractivity contribution is -0.232. The first-order valence-corrected chi connectivity index (χ1v) is 11.5. The van der Waals surface area contributed by atoms with Crippen molar-refractivity contribution in [1.82, 2.24) is 10.6 Å². The zero-order chi connectivity index (χ0) is 21.6. The Morgan fingerprint density at radius 2 is 1.79 bits per heavy atom. The maximum Gasteiger partial charge on any atom is 0.237 e. The Bertz CT molecular complexity index is 504. The summed E-state index contributed by atoms with van der Waals surface area (Å²) in [7, 11) is 0. The summed E-state index contributed by atoms with van der Waals surface area (Å²) in [6.45, 7) is 8.96. The lowest BCUT2D eigenvalue weighted by Gasteiger charge is -2.45. The van der Waals surface area contributed by atoms with Crippen LogP contribution in [0, 0.1) is 11.8 Å². The number of nitrogens with one attached hydrogen (secondary N) is 2. The highest BCUT2D eigenvalue weighted by molar-refractivity contribution is 5.82. The number of carbonyl (C=O) groups excluding carboxylic acids is 1. The van der Waals surface area contributed by atoms with Crippen molar-refractivity contribution in [3.05, 3.63) is 0 Å². The summed E-state index contributed by atoms with van der Waals surface area (Å²) in [4.78, 5) is 12.9. The second-order valence-electron chi connectivity index (χ2n) is 9.24. The van der Waals surface area contributed by atoms with Crippen molar-refractivity contribution in [3.8, 4) is 0 Å². The summed E-state index contributed by atoms with van der Waals surface area (Å²) in [6.07, 6.45) is 2.03. The molecule has 0 saturated carbocycles. The second kappa shape index (κ2) is 11.6. The lowest BCUT2D eigenvalue weighted by atomic mass is 9.85. The fraction of sp³-hybridized carbons (Fsp3) is 0.955. The minimum absolute atomic E-state index is 0.00470. The molecule has 2 saturated heterocycles. The molecule has 29 heavy (non-hydrogen) atoms. The van der Waals surface area contributed by atoms with E-state index in [1.807, 2.05) is 20.8 Å². The number of carbonyl (C=O) groups is 1. The molecule has 7 heteroatoms. The van der Waals surface area contributed by atoms with Crippen LogP contribution in [0.1, 0.15) is 72.6 Å². The van der Waals surface area contributed by atoms with Crippen molar-refractivity contribution in [3.63, 3.8) is 0 Å². The molecule has 0 radical (unpaired) electrons. The van der Waals surface area contributed by atoms with Crippen molar-refractivity contribution in [2.45, 2.75) is 115 Å². The number of hydrogen-bond acceptors (Lipinski definition) is 6. The Morgan fingerprint density at radius 1 is 1.07 bits per heavy atom. The van der Waals surface area contributed by atoms with Crippen molar-refractivity contribution < 1.29 is 24.9 Å². The zero-order valence-electron chi connectivity index (χ0n) is 18.5. The molecule has 0 spiro atoms. The molecule has 8 atom stereocenters. The van der Waals surface area contributed by atoms with Crippen LogP contribution in [-0.2, 0) is 9.53 Å². The van der Waals surface area contributed by atoms with Gasteiger partial charge in [-0.1, -0.05) is 53.4 Å². The standard InChI is InChI=1S/C22H42N2O5/c1-5-7-8-10-14-11-15(23-12-14)22(28)24-17(13(3)4)21-20(27)19(26)18(25)16(29-21)9-6-2/h13-21,23,25-27H,5-12H2,1-4H3,(H,24,28). The zero-order valence-corrected chi connectivity index (χ0v) is 18.5. The Morgan fingerprint density at radius 3 is 2.41 bits per heavy atom. The minimum atomic E-state index is -1.28. The summed E-state index contributed by atoms with van der Waals surface area (Å²) in [5.74, 6) is 0.451. The fourth-order valence-electron chi connectivity index (χ4n) is 4.60. The molecule has 0 bridgehead atoms. The number of rotatable bonds is 10. The van der Waals surface area contributed by atoms with Crippen molar-refractivity contribution in [2.24, 2.45) is 11.8 Å². The van der Waals surface area contributed by atoms with E-state index >= 15 is 0 Å². The van der Waals surface area contributed by atoms with Crippen LogP contribution in [0.25, 0.3) is 0 Å². The van der Waals surface area contributed by atoms with Gasteiger partial charge in [-0.3, -0.25) is 4.79 Å². The van der Waals surface area contributed by atoms with Gasteiger partial charge in [0, 0.05) is 0 Å². The Hall–Kier alpha value is -0.730. The van der Waals surface area contributed by atoms with E-state index in [0.29, 0.717) is 12.3 Å². The Balaban J connectivity index is 1.99. The minimum Gasteiger partial charge on any atom is -0.388 e. The number of aliphatic hydroxyl groups excluding tert-OH is 3. The highest BCUT2D eigenvalue weighted by Crippen LogP contribution is 2.28. The highest BCUT2D eigenvalue weighted by atomic mass is 16.5. The third-order valence-electron chi connectivity index (χ3n) is 6.46. The molecule has 2 heterocycles. The molecule has 7 nitrogen and oxygen atoms in total. The largest absolute Gasteiger partial charge is 0.388 e. The van der Waals surface area contributed by atoms with Gasteiger partial charge in [0.15, 0.2) is 0 Å². The van der Waals surface area contributed by atoms with Crippen molar-refractivity contribution in [2.75, 3.05) is 6.54 Å². The Labute approximate surface area is 175 Å². The summed E-state index contributed by atoms with van der Waals surface area (Å²) in [6, 6.07) is -0.675. The van der Waals surface area contributed by atoms with Gasteiger partial charge in [-0.05, 0) is 37.6 Å². The molecule has 0 aromatic carbocycles. The lowest BCUT2D eigenvalue weighted by Crippen LogP contribution is -2.65. The summed E-state index contributed by atoms with van der Waals surface area (Å²) in [5, 5.41) is 37.5. The average molecular weight is 415 g/mol. The predicted octanol–water partition coefficient (Wildman–Crippen LogP) is 1.34. The first-order chi connectivity index (χ1) is 13.8. The van der Waals surface area contributed by atoms with Crippen LogP contribution in [0.15, 0.2) is 0 Å². The monoisotopic (exact) mass is 414 g/mol. The molecular weight excluding hydrogens is 372 g/mol. The maximum atomic E-state index is 12.9. The first-order valence-electron chi connectivity index (χ1n) is 11.5. The van der Waals surface area contributed by atoms with Crippen molar-refractivity contribution >= 4 is 5.91 Å². The normalized spacial score (nSPS) is 36.3.